The minimum absolute atomic E-state index is 0.147. The van der Waals surface area contributed by atoms with Gasteiger partial charge in [0.05, 0.1) is 10.2 Å². The quantitative estimate of drug-likeness (QED) is 0.803. The lowest BCUT2D eigenvalue weighted by Gasteiger charge is -2.41. The van der Waals surface area contributed by atoms with Gasteiger partial charge in [0, 0.05) is 11.6 Å². The Balaban J connectivity index is 1.83. The van der Waals surface area contributed by atoms with Crippen LogP contribution in [0.1, 0.15) is 65.8 Å². The van der Waals surface area contributed by atoms with Crippen molar-refractivity contribution in [3.63, 3.8) is 0 Å². The van der Waals surface area contributed by atoms with Crippen molar-refractivity contribution in [1.82, 2.24) is 9.55 Å². The molecule has 0 saturated heterocycles. The number of amides is 1. The van der Waals surface area contributed by atoms with Crippen molar-refractivity contribution in [2.45, 2.75) is 49.7 Å². The van der Waals surface area contributed by atoms with Crippen molar-refractivity contribution < 1.29 is 14.3 Å². The van der Waals surface area contributed by atoms with E-state index in [9.17, 15) is 14.3 Å². The number of benzene rings is 1. The Morgan fingerprint density at radius 2 is 2.12 bits per heavy atom. The van der Waals surface area contributed by atoms with Crippen LogP contribution in [0.15, 0.2) is 16.6 Å². The van der Waals surface area contributed by atoms with Crippen molar-refractivity contribution in [3.8, 4) is 11.4 Å². The highest BCUT2D eigenvalue weighted by molar-refractivity contribution is 9.10. The summed E-state index contributed by atoms with van der Waals surface area (Å²) in [4.78, 5) is 16.6. The van der Waals surface area contributed by atoms with Gasteiger partial charge in [-0.2, -0.15) is 0 Å². The van der Waals surface area contributed by atoms with Crippen molar-refractivity contribution in [3.05, 3.63) is 39.4 Å². The fourth-order valence-corrected chi connectivity index (χ4v) is 4.83. The summed E-state index contributed by atoms with van der Waals surface area (Å²) in [6, 6.07) is 3.45. The van der Waals surface area contributed by atoms with Crippen molar-refractivity contribution >= 4 is 21.8 Å². The first-order valence-electron chi connectivity index (χ1n) is 8.53. The maximum atomic E-state index is 14.1. The minimum atomic E-state index is -1.04. The van der Waals surface area contributed by atoms with Gasteiger partial charge < -0.3 is 15.4 Å². The van der Waals surface area contributed by atoms with Crippen LogP contribution in [-0.2, 0) is 5.60 Å². The van der Waals surface area contributed by atoms with Crippen molar-refractivity contribution in [2.24, 2.45) is 5.73 Å². The molecule has 0 spiro atoms. The molecule has 0 radical (unpaired) electrons. The van der Waals surface area contributed by atoms with Gasteiger partial charge >= 0.3 is 0 Å². The van der Waals surface area contributed by atoms with Gasteiger partial charge in [0.15, 0.2) is 5.69 Å². The molecule has 1 aromatic heterocycles. The van der Waals surface area contributed by atoms with E-state index in [0.29, 0.717) is 28.8 Å². The van der Waals surface area contributed by atoms with E-state index in [-0.39, 0.29) is 23.5 Å². The molecule has 3 heterocycles. The van der Waals surface area contributed by atoms with E-state index < -0.39 is 11.5 Å². The van der Waals surface area contributed by atoms with Crippen LogP contribution in [0, 0.1) is 5.82 Å². The van der Waals surface area contributed by atoms with Crippen LogP contribution in [0.5, 0.6) is 0 Å². The molecule has 2 aromatic rings. The molecule has 2 fully saturated rings. The minimum Gasteiger partial charge on any atom is -0.384 e. The number of carbonyl (C=O) groups is 1. The SMILES string of the molecule is NC(=O)c1nc2n(c1C1(O)CCC1)C1CC(C1)c1cc(F)c(Br)cc1-2. The Hall–Kier alpha value is -1.73. The van der Waals surface area contributed by atoms with Crippen LogP contribution in [0.25, 0.3) is 11.4 Å². The third kappa shape index (κ3) is 1.96. The summed E-state index contributed by atoms with van der Waals surface area (Å²) in [6.45, 7) is 0. The summed E-state index contributed by atoms with van der Waals surface area (Å²) in [6.07, 6.45) is 3.84. The number of carbonyl (C=O) groups excluding carboxylic acids is 1. The zero-order chi connectivity index (χ0) is 17.5. The molecule has 25 heavy (non-hydrogen) atoms. The summed E-state index contributed by atoms with van der Waals surface area (Å²) >= 11 is 3.25. The molecule has 3 N–H and O–H groups in total. The van der Waals surface area contributed by atoms with Gasteiger partial charge in [-0.15, -0.1) is 0 Å². The molecule has 2 saturated carbocycles. The van der Waals surface area contributed by atoms with Crippen LogP contribution in [0.3, 0.4) is 0 Å². The lowest BCUT2D eigenvalue weighted by atomic mass is 9.74. The van der Waals surface area contributed by atoms with E-state index in [1.54, 1.807) is 12.1 Å². The molecule has 2 aliphatic heterocycles. The smallest absolute Gasteiger partial charge is 0.269 e. The number of hydrogen-bond acceptors (Lipinski definition) is 3. The first kappa shape index (κ1) is 15.5. The molecule has 1 amide bonds. The van der Waals surface area contributed by atoms with Crippen LogP contribution in [0.4, 0.5) is 4.39 Å². The van der Waals surface area contributed by atoms with Crippen LogP contribution in [0.2, 0.25) is 0 Å². The highest BCUT2D eigenvalue weighted by Gasteiger charge is 2.48. The Kier molecular flexibility index (Phi) is 3.05. The number of halogens is 2. The molecule has 4 aliphatic rings. The number of nitrogens with zero attached hydrogens (tertiary/aromatic N) is 2. The fourth-order valence-electron chi connectivity index (χ4n) is 4.49. The molecule has 0 atom stereocenters. The monoisotopic (exact) mass is 405 g/mol. The summed E-state index contributed by atoms with van der Waals surface area (Å²) in [5.41, 5.74) is 6.97. The fraction of sp³-hybridized carbons (Fsp3) is 0.444. The van der Waals surface area contributed by atoms with Gasteiger partial charge in [0.25, 0.3) is 5.91 Å². The highest BCUT2D eigenvalue weighted by Crippen LogP contribution is 2.55. The molecule has 5 nitrogen and oxygen atoms in total. The normalized spacial score (nSPS) is 25.2. The Labute approximate surface area is 152 Å². The average molecular weight is 406 g/mol. The van der Waals surface area contributed by atoms with E-state index in [1.807, 2.05) is 4.57 Å². The van der Waals surface area contributed by atoms with E-state index in [0.717, 1.165) is 30.4 Å². The molecule has 2 aliphatic carbocycles. The number of hydrogen-bond donors (Lipinski definition) is 2. The summed E-state index contributed by atoms with van der Waals surface area (Å²) in [5, 5.41) is 11.0. The lowest BCUT2D eigenvalue weighted by molar-refractivity contribution is -0.0481. The van der Waals surface area contributed by atoms with E-state index in [4.69, 9.17) is 5.73 Å². The first-order chi connectivity index (χ1) is 11.9. The van der Waals surface area contributed by atoms with Gasteiger partial charge in [0.2, 0.25) is 0 Å². The molecular formula is C18H17BrFN3O2. The van der Waals surface area contributed by atoms with Gasteiger partial charge in [-0.25, -0.2) is 9.37 Å². The predicted molar refractivity (Wildman–Crippen MR) is 92.6 cm³/mol. The molecule has 1 aromatic carbocycles. The zero-order valence-corrected chi connectivity index (χ0v) is 15.0. The van der Waals surface area contributed by atoms with Crippen molar-refractivity contribution in [2.75, 3.05) is 0 Å². The number of aromatic nitrogens is 2. The number of aliphatic hydroxyl groups is 1. The molecular weight excluding hydrogens is 389 g/mol. The van der Waals surface area contributed by atoms with Gasteiger partial charge in [-0.1, -0.05) is 0 Å². The predicted octanol–water partition coefficient (Wildman–Crippen LogP) is 3.35. The lowest BCUT2D eigenvalue weighted by Crippen LogP contribution is -2.40. The van der Waals surface area contributed by atoms with Gasteiger partial charge in [-0.05, 0) is 71.6 Å². The van der Waals surface area contributed by atoms with E-state index in [2.05, 4.69) is 20.9 Å². The molecule has 0 unspecified atom stereocenters. The third-order valence-corrected chi connectivity index (χ3v) is 6.63. The Morgan fingerprint density at radius 3 is 2.72 bits per heavy atom. The van der Waals surface area contributed by atoms with E-state index >= 15 is 0 Å². The average Bonchev–Trinajstić information content (AvgIpc) is 2.77. The second kappa shape index (κ2) is 4.92. The summed E-state index contributed by atoms with van der Waals surface area (Å²) in [7, 11) is 0. The Morgan fingerprint density at radius 1 is 1.40 bits per heavy atom. The molecule has 130 valence electrons. The maximum Gasteiger partial charge on any atom is 0.269 e. The topological polar surface area (TPSA) is 81.1 Å². The van der Waals surface area contributed by atoms with Crippen molar-refractivity contribution in [1.29, 1.82) is 0 Å². The number of primary amides is 1. The highest BCUT2D eigenvalue weighted by atomic mass is 79.9. The molecule has 7 heteroatoms. The second-order valence-electron chi connectivity index (χ2n) is 7.43. The van der Waals surface area contributed by atoms with Gasteiger partial charge in [-0.3, -0.25) is 4.79 Å². The number of rotatable bonds is 2. The zero-order valence-electron chi connectivity index (χ0n) is 13.4. The molecule has 2 bridgehead atoms. The Bertz CT molecular complexity index is 929. The maximum absolute atomic E-state index is 14.1. The van der Waals surface area contributed by atoms with Crippen LogP contribution < -0.4 is 5.73 Å². The largest absolute Gasteiger partial charge is 0.384 e. The summed E-state index contributed by atoms with van der Waals surface area (Å²) in [5.74, 6) is -0.0280. The number of nitrogens with two attached hydrogens (primary N) is 1. The van der Waals surface area contributed by atoms with E-state index in [1.165, 1.54) is 0 Å². The number of imidazole rings is 1. The second-order valence-corrected chi connectivity index (χ2v) is 8.28. The van der Waals surface area contributed by atoms with Crippen LogP contribution in [-0.4, -0.2) is 20.6 Å². The summed E-state index contributed by atoms with van der Waals surface area (Å²) < 4.78 is 16.5. The third-order valence-electron chi connectivity index (χ3n) is 6.02. The first-order valence-corrected chi connectivity index (χ1v) is 9.32. The van der Waals surface area contributed by atoms with Gasteiger partial charge in [0.1, 0.15) is 17.2 Å². The molecule has 6 rings (SSSR count). The van der Waals surface area contributed by atoms with Crippen LogP contribution >= 0.6 is 15.9 Å². The standard InChI is InChI=1S/C18H17BrFN3O2/c19-12-6-11-10(7-13(12)20)8-4-9(5-8)23-15(18(25)2-1-3-18)14(16(21)24)22-17(11)23/h6-9,25H,1-5H2,(H2,21,24).